The predicted molar refractivity (Wildman–Crippen MR) is 101 cm³/mol. The van der Waals surface area contributed by atoms with E-state index in [1.807, 2.05) is 6.07 Å². The third kappa shape index (κ3) is 4.29. The molecule has 25 heavy (non-hydrogen) atoms. The highest BCUT2D eigenvalue weighted by atomic mass is 35.5. The van der Waals surface area contributed by atoms with Crippen LogP contribution in [0, 0.1) is 0 Å². The first kappa shape index (κ1) is 18.1. The van der Waals surface area contributed by atoms with Gasteiger partial charge in [-0.3, -0.25) is 0 Å². The summed E-state index contributed by atoms with van der Waals surface area (Å²) in [4.78, 5) is 5.75. The molecule has 0 unspecified atom stereocenters. The number of thiocarbonyl (C=S) groups is 1. The van der Waals surface area contributed by atoms with Crippen molar-refractivity contribution in [3.05, 3.63) is 52.1 Å². The lowest BCUT2D eigenvalue weighted by Gasteiger charge is -2.40. The fourth-order valence-electron chi connectivity index (χ4n) is 2.46. The molecule has 2 heterocycles. The second kappa shape index (κ2) is 7.27. The van der Waals surface area contributed by atoms with Crippen LogP contribution in [-0.4, -0.2) is 29.1 Å². The Balaban J connectivity index is 1.62. The number of alkyl halides is 2. The Bertz CT molecular complexity index is 795. The van der Waals surface area contributed by atoms with Crippen molar-refractivity contribution in [3.8, 4) is 0 Å². The van der Waals surface area contributed by atoms with Gasteiger partial charge in [0.25, 0.3) is 5.92 Å². The first-order chi connectivity index (χ1) is 11.9. The first-order valence-electron chi connectivity index (χ1n) is 7.41. The van der Waals surface area contributed by atoms with Crippen molar-refractivity contribution in [2.75, 3.05) is 23.3 Å². The van der Waals surface area contributed by atoms with E-state index in [1.165, 1.54) is 0 Å². The number of hydrogen-bond donors (Lipinski definition) is 2. The average Bonchev–Trinajstić information content (AvgIpc) is 2.55. The molecular weight excluding hydrogens is 389 g/mol. The molecule has 3 rings (SSSR count). The molecular formula is C16H14Cl2F2N4S. The van der Waals surface area contributed by atoms with E-state index in [1.54, 1.807) is 35.4 Å². The van der Waals surface area contributed by atoms with Crippen LogP contribution >= 0.6 is 35.4 Å². The van der Waals surface area contributed by atoms with Crippen LogP contribution in [0.5, 0.6) is 0 Å². The van der Waals surface area contributed by atoms with Gasteiger partial charge in [0.2, 0.25) is 0 Å². The number of hydrogen-bond acceptors (Lipinski definition) is 3. The second-order valence-electron chi connectivity index (χ2n) is 5.61. The van der Waals surface area contributed by atoms with E-state index >= 15 is 0 Å². The highest BCUT2D eigenvalue weighted by Gasteiger charge is 2.45. The zero-order valence-corrected chi connectivity index (χ0v) is 15.2. The Labute approximate surface area is 159 Å². The summed E-state index contributed by atoms with van der Waals surface area (Å²) in [7, 11) is 0. The molecule has 1 saturated heterocycles. The van der Waals surface area contributed by atoms with E-state index in [9.17, 15) is 8.78 Å². The lowest BCUT2D eigenvalue weighted by molar-refractivity contribution is -0.0267. The number of aromatic nitrogens is 1. The molecule has 0 spiro atoms. The monoisotopic (exact) mass is 402 g/mol. The van der Waals surface area contributed by atoms with Gasteiger partial charge in [-0.25, -0.2) is 13.8 Å². The maximum Gasteiger partial charge on any atom is 0.282 e. The summed E-state index contributed by atoms with van der Waals surface area (Å²) in [5.74, 6) is -2.12. The van der Waals surface area contributed by atoms with Crippen LogP contribution in [0.3, 0.4) is 0 Å². The van der Waals surface area contributed by atoms with Gasteiger partial charge in [-0.05, 0) is 30.4 Å². The molecule has 132 valence electrons. The molecule has 0 atom stereocenters. The normalized spacial score (nSPS) is 15.4. The molecule has 9 heteroatoms. The lowest BCUT2D eigenvalue weighted by atomic mass is 10.1. The average molecular weight is 403 g/mol. The van der Waals surface area contributed by atoms with Crippen molar-refractivity contribution in [2.45, 2.75) is 12.5 Å². The molecule has 0 saturated carbocycles. The second-order valence-corrected chi connectivity index (χ2v) is 6.80. The third-order valence-corrected chi connectivity index (χ3v) is 4.72. The highest BCUT2D eigenvalue weighted by molar-refractivity contribution is 7.80. The van der Waals surface area contributed by atoms with Crippen molar-refractivity contribution in [3.63, 3.8) is 0 Å². The summed E-state index contributed by atoms with van der Waals surface area (Å²) in [6.07, 6.45) is 1.58. The third-order valence-electron chi connectivity index (χ3n) is 3.65. The molecule has 1 fully saturated rings. The minimum absolute atomic E-state index is 0.322. The minimum atomic E-state index is -2.65. The van der Waals surface area contributed by atoms with Crippen molar-refractivity contribution in [1.29, 1.82) is 0 Å². The summed E-state index contributed by atoms with van der Waals surface area (Å²) in [6, 6.07) is 8.75. The van der Waals surface area contributed by atoms with E-state index in [2.05, 4.69) is 15.6 Å². The summed E-state index contributed by atoms with van der Waals surface area (Å²) in [5, 5.41) is 7.12. The largest absolute Gasteiger partial charge is 0.358 e. The van der Waals surface area contributed by atoms with Crippen molar-refractivity contribution in [1.82, 2.24) is 10.3 Å². The number of nitrogens with one attached hydrogen (secondary N) is 2. The minimum Gasteiger partial charge on any atom is -0.358 e. The molecule has 1 aromatic heterocycles. The molecule has 0 amide bonds. The van der Waals surface area contributed by atoms with Gasteiger partial charge in [-0.1, -0.05) is 35.3 Å². The van der Waals surface area contributed by atoms with E-state index in [4.69, 9.17) is 35.4 Å². The Morgan fingerprint density at radius 1 is 1.24 bits per heavy atom. The Hall–Kier alpha value is -1.70. The Morgan fingerprint density at radius 3 is 2.72 bits per heavy atom. The van der Waals surface area contributed by atoms with E-state index in [0.29, 0.717) is 33.2 Å². The lowest BCUT2D eigenvalue weighted by Crippen LogP contribution is -2.57. The van der Waals surface area contributed by atoms with Gasteiger partial charge in [0, 0.05) is 18.3 Å². The van der Waals surface area contributed by atoms with E-state index in [-0.39, 0.29) is 13.1 Å². The topological polar surface area (TPSA) is 40.2 Å². The number of pyridine rings is 1. The maximum absolute atomic E-state index is 13.1. The van der Waals surface area contributed by atoms with Gasteiger partial charge in [0.05, 0.1) is 28.8 Å². The molecule has 2 aromatic rings. The van der Waals surface area contributed by atoms with Gasteiger partial charge in [0.15, 0.2) is 5.11 Å². The van der Waals surface area contributed by atoms with E-state index in [0.717, 1.165) is 5.56 Å². The molecule has 0 aliphatic carbocycles. The molecule has 1 aliphatic rings. The molecule has 1 aliphatic heterocycles. The molecule has 0 bridgehead atoms. The first-order valence-corrected chi connectivity index (χ1v) is 8.58. The van der Waals surface area contributed by atoms with Crippen LogP contribution in [0.25, 0.3) is 0 Å². The fourth-order valence-corrected chi connectivity index (χ4v) is 2.99. The van der Waals surface area contributed by atoms with Crippen molar-refractivity contribution >= 4 is 52.0 Å². The van der Waals surface area contributed by atoms with Gasteiger partial charge in [-0.2, -0.15) is 0 Å². The summed E-state index contributed by atoms with van der Waals surface area (Å²) >= 11 is 17.3. The molecule has 2 N–H and O–H groups in total. The van der Waals surface area contributed by atoms with Crippen LogP contribution < -0.4 is 15.5 Å². The summed E-state index contributed by atoms with van der Waals surface area (Å²) in [5.41, 5.74) is 1.36. The van der Waals surface area contributed by atoms with Gasteiger partial charge >= 0.3 is 0 Å². The number of benzene rings is 1. The number of rotatable bonds is 4. The predicted octanol–water partition coefficient (Wildman–Crippen LogP) is 4.33. The van der Waals surface area contributed by atoms with Crippen LogP contribution in [0.15, 0.2) is 36.5 Å². The van der Waals surface area contributed by atoms with Crippen LogP contribution in [-0.2, 0) is 6.54 Å². The molecule has 4 nitrogen and oxygen atoms in total. The highest BCUT2D eigenvalue weighted by Crippen LogP contribution is 2.32. The summed E-state index contributed by atoms with van der Waals surface area (Å²) in [6.45, 7) is -0.301. The van der Waals surface area contributed by atoms with Crippen molar-refractivity contribution in [2.24, 2.45) is 0 Å². The Kier molecular flexibility index (Phi) is 5.27. The van der Waals surface area contributed by atoms with Crippen LogP contribution in [0.1, 0.15) is 5.56 Å². The van der Waals surface area contributed by atoms with Gasteiger partial charge in [-0.15, -0.1) is 0 Å². The number of nitrogens with zero attached hydrogens (tertiary/aromatic N) is 2. The van der Waals surface area contributed by atoms with E-state index < -0.39 is 5.92 Å². The smallest absolute Gasteiger partial charge is 0.282 e. The zero-order valence-electron chi connectivity index (χ0n) is 12.9. The zero-order chi connectivity index (χ0) is 18.0. The maximum atomic E-state index is 13.1. The van der Waals surface area contributed by atoms with Crippen LogP contribution in [0.4, 0.5) is 20.3 Å². The quantitative estimate of drug-likeness (QED) is 0.744. The fraction of sp³-hybridized carbons (Fsp3) is 0.250. The molecule has 1 aromatic carbocycles. The molecule has 0 radical (unpaired) electrons. The Morgan fingerprint density at radius 2 is 2.00 bits per heavy atom. The summed E-state index contributed by atoms with van der Waals surface area (Å²) < 4.78 is 26.2. The van der Waals surface area contributed by atoms with Crippen molar-refractivity contribution < 1.29 is 8.78 Å². The number of anilines is 2. The standard InChI is InChI=1S/C16H14Cl2F2N4S/c17-11-4-1-5-12(13(11)18)23-15(25)22-7-10-3-2-6-21-14(10)24-8-16(19,20)9-24/h1-6H,7-9H2,(H2,22,23,25). The number of halogens is 4. The SMILES string of the molecule is FC1(F)CN(c2ncccc2CNC(=S)Nc2cccc(Cl)c2Cl)C1. The van der Waals surface area contributed by atoms with Crippen LogP contribution in [0.2, 0.25) is 10.0 Å². The van der Waals surface area contributed by atoms with Gasteiger partial charge in [0.1, 0.15) is 5.82 Å². The van der Waals surface area contributed by atoms with Gasteiger partial charge < -0.3 is 15.5 Å².